The third-order valence-electron chi connectivity index (χ3n) is 5.63. The van der Waals surface area contributed by atoms with Gasteiger partial charge in [-0.25, -0.2) is 18.5 Å². The van der Waals surface area contributed by atoms with Crippen LogP contribution in [0.1, 0.15) is 31.6 Å². The number of piperidine rings is 1. The monoisotopic (exact) mass is 429 g/mol. The second-order valence-electron chi connectivity index (χ2n) is 7.41. The molecular formula is C20H23N5O4S. The number of nitrogens with two attached hydrogens (primary N) is 1. The van der Waals surface area contributed by atoms with Crippen LogP contribution in [0, 0.1) is 10.1 Å². The molecule has 9 nitrogen and oxygen atoms in total. The van der Waals surface area contributed by atoms with Gasteiger partial charge in [0.1, 0.15) is 11.5 Å². The molecule has 0 saturated carbocycles. The maximum absolute atomic E-state index is 11.6. The number of fused-ring (bicyclic) bond motifs is 1. The Labute approximate surface area is 174 Å². The van der Waals surface area contributed by atoms with Crippen molar-refractivity contribution in [2.75, 3.05) is 18.0 Å². The topological polar surface area (TPSA) is 124 Å². The number of imidazole rings is 1. The van der Waals surface area contributed by atoms with Crippen molar-refractivity contribution in [1.82, 2.24) is 9.55 Å². The quantitative estimate of drug-likeness (QED) is 0.491. The summed E-state index contributed by atoms with van der Waals surface area (Å²) < 4.78 is 25.4. The zero-order valence-corrected chi connectivity index (χ0v) is 17.4. The van der Waals surface area contributed by atoms with Gasteiger partial charge in [0.05, 0.1) is 20.9 Å². The molecule has 2 N–H and O–H groups in total. The number of anilines is 1. The van der Waals surface area contributed by atoms with Crippen molar-refractivity contribution in [3.8, 4) is 0 Å². The fraction of sp³-hybridized carbons (Fsp3) is 0.350. The number of hydrogen-bond acceptors (Lipinski definition) is 6. The lowest BCUT2D eigenvalue weighted by molar-refractivity contribution is -0.384. The molecule has 1 aliphatic rings. The van der Waals surface area contributed by atoms with Crippen LogP contribution >= 0.6 is 0 Å². The molecule has 0 aliphatic carbocycles. The molecule has 0 radical (unpaired) electrons. The molecule has 1 saturated heterocycles. The zero-order valence-electron chi connectivity index (χ0n) is 16.6. The van der Waals surface area contributed by atoms with Crippen molar-refractivity contribution >= 4 is 32.4 Å². The summed E-state index contributed by atoms with van der Waals surface area (Å²) in [5.41, 5.74) is 2.25. The van der Waals surface area contributed by atoms with Gasteiger partial charge >= 0.3 is 0 Å². The molecule has 0 spiro atoms. The Hall–Kier alpha value is -2.98. The number of nitro groups is 1. The first-order valence-electron chi connectivity index (χ1n) is 9.81. The number of benzene rings is 2. The highest BCUT2D eigenvalue weighted by atomic mass is 32.2. The molecule has 2 aromatic carbocycles. The van der Waals surface area contributed by atoms with Crippen LogP contribution < -0.4 is 10.0 Å². The van der Waals surface area contributed by atoms with E-state index in [1.807, 2.05) is 23.1 Å². The van der Waals surface area contributed by atoms with Crippen LogP contribution in [0.3, 0.4) is 0 Å². The molecule has 3 aromatic rings. The first-order chi connectivity index (χ1) is 14.3. The summed E-state index contributed by atoms with van der Waals surface area (Å²) in [5, 5.41) is 16.7. The first kappa shape index (κ1) is 20.3. The highest BCUT2D eigenvalue weighted by Crippen LogP contribution is 2.35. The van der Waals surface area contributed by atoms with E-state index in [1.165, 1.54) is 12.1 Å². The van der Waals surface area contributed by atoms with Gasteiger partial charge in [-0.1, -0.05) is 19.1 Å². The van der Waals surface area contributed by atoms with Gasteiger partial charge in [0.25, 0.3) is 5.69 Å². The number of rotatable bonds is 5. The lowest BCUT2D eigenvalue weighted by Gasteiger charge is -2.34. The van der Waals surface area contributed by atoms with Crippen molar-refractivity contribution in [2.45, 2.75) is 37.1 Å². The summed E-state index contributed by atoms with van der Waals surface area (Å²) in [5.74, 6) is 1.04. The van der Waals surface area contributed by atoms with Crippen LogP contribution in [0.2, 0.25) is 0 Å². The standard InChI is InChI=1S/C20H23N5O4S/c1-2-20-22-16-5-3-4-6-17(16)24(20)14-9-11-23(12-10-14)18-8-7-15(30(21,28)29)13-19(18)25(26)27/h3-8,13-14H,2,9-12H2,1H3,(H2,21,28,29). The van der Waals surface area contributed by atoms with Crippen molar-refractivity contribution in [3.05, 3.63) is 58.4 Å². The van der Waals surface area contributed by atoms with Crippen molar-refractivity contribution in [3.63, 3.8) is 0 Å². The average molecular weight is 430 g/mol. The van der Waals surface area contributed by atoms with Gasteiger partial charge in [-0.05, 0) is 37.1 Å². The highest BCUT2D eigenvalue weighted by Gasteiger charge is 2.28. The fourth-order valence-corrected chi connectivity index (χ4v) is 4.74. The normalized spacial score (nSPS) is 15.6. The summed E-state index contributed by atoms with van der Waals surface area (Å²) in [6.07, 6.45) is 2.44. The Morgan fingerprint density at radius 1 is 1.20 bits per heavy atom. The van der Waals surface area contributed by atoms with Gasteiger partial charge in [-0.2, -0.15) is 0 Å². The molecular weight excluding hydrogens is 406 g/mol. The third-order valence-corrected chi connectivity index (χ3v) is 6.54. The SMILES string of the molecule is CCc1nc2ccccc2n1C1CCN(c2ccc(S(N)(=O)=O)cc2[N+](=O)[O-])CC1. The summed E-state index contributed by atoms with van der Waals surface area (Å²) >= 11 is 0. The zero-order chi connectivity index (χ0) is 21.5. The van der Waals surface area contributed by atoms with E-state index in [9.17, 15) is 18.5 Å². The Morgan fingerprint density at radius 3 is 2.53 bits per heavy atom. The van der Waals surface area contributed by atoms with Gasteiger partial charge < -0.3 is 9.47 Å². The van der Waals surface area contributed by atoms with Crippen LogP contribution in [0.15, 0.2) is 47.4 Å². The number of aryl methyl sites for hydroxylation is 1. The molecule has 1 aliphatic heterocycles. The number of para-hydroxylation sites is 2. The molecule has 1 fully saturated rings. The van der Waals surface area contributed by atoms with E-state index in [-0.39, 0.29) is 16.6 Å². The van der Waals surface area contributed by atoms with Crippen molar-refractivity contribution < 1.29 is 13.3 Å². The minimum absolute atomic E-state index is 0.248. The molecule has 0 unspecified atom stereocenters. The highest BCUT2D eigenvalue weighted by molar-refractivity contribution is 7.89. The van der Waals surface area contributed by atoms with Crippen molar-refractivity contribution in [1.29, 1.82) is 0 Å². The van der Waals surface area contributed by atoms with Gasteiger partial charge in [0.15, 0.2) is 0 Å². The number of nitrogens with zero attached hydrogens (tertiary/aromatic N) is 4. The fourth-order valence-electron chi connectivity index (χ4n) is 4.21. The smallest absolute Gasteiger partial charge is 0.293 e. The summed E-state index contributed by atoms with van der Waals surface area (Å²) in [6, 6.07) is 12.2. The predicted octanol–water partition coefficient (Wildman–Crippen LogP) is 3.00. The number of aromatic nitrogens is 2. The van der Waals surface area contributed by atoms with E-state index in [0.29, 0.717) is 18.8 Å². The first-order valence-corrected chi connectivity index (χ1v) is 11.4. The van der Waals surface area contributed by atoms with E-state index >= 15 is 0 Å². The summed E-state index contributed by atoms with van der Waals surface area (Å²) in [4.78, 5) is 17.4. The molecule has 1 aromatic heterocycles. The number of primary sulfonamides is 1. The number of nitro benzene ring substituents is 1. The van der Waals surface area contributed by atoms with Crippen LogP contribution in [-0.4, -0.2) is 36.0 Å². The van der Waals surface area contributed by atoms with Crippen molar-refractivity contribution in [2.24, 2.45) is 5.14 Å². The third kappa shape index (κ3) is 3.63. The lowest BCUT2D eigenvalue weighted by Crippen LogP contribution is -2.35. The Balaban J connectivity index is 1.61. The summed E-state index contributed by atoms with van der Waals surface area (Å²) in [6.45, 7) is 3.33. The van der Waals surface area contributed by atoms with Crippen LogP contribution in [0.5, 0.6) is 0 Å². The Kier molecular flexibility index (Phi) is 5.20. The molecule has 0 amide bonds. The molecule has 0 bridgehead atoms. The molecule has 10 heteroatoms. The maximum atomic E-state index is 11.6. The molecule has 0 atom stereocenters. The van der Waals surface area contributed by atoms with Gasteiger partial charge in [-0.3, -0.25) is 10.1 Å². The van der Waals surface area contributed by atoms with Crippen LogP contribution in [0.25, 0.3) is 11.0 Å². The second kappa shape index (κ2) is 7.69. The minimum atomic E-state index is -4.01. The minimum Gasteiger partial charge on any atom is -0.366 e. The van der Waals surface area contributed by atoms with Gasteiger partial charge in [0, 0.05) is 31.6 Å². The Bertz CT molecular complexity index is 1210. The summed E-state index contributed by atoms with van der Waals surface area (Å²) in [7, 11) is -4.01. The van der Waals surface area contributed by atoms with Crippen LogP contribution in [0.4, 0.5) is 11.4 Å². The lowest BCUT2D eigenvalue weighted by atomic mass is 10.0. The van der Waals surface area contributed by atoms with E-state index < -0.39 is 14.9 Å². The van der Waals surface area contributed by atoms with E-state index in [1.54, 1.807) is 0 Å². The van der Waals surface area contributed by atoms with E-state index in [2.05, 4.69) is 17.6 Å². The molecule has 158 valence electrons. The molecule has 2 heterocycles. The second-order valence-corrected chi connectivity index (χ2v) is 8.97. The van der Waals surface area contributed by atoms with E-state index in [0.717, 1.165) is 42.2 Å². The van der Waals surface area contributed by atoms with Gasteiger partial charge in [0.2, 0.25) is 10.0 Å². The molecule has 4 rings (SSSR count). The van der Waals surface area contributed by atoms with Gasteiger partial charge in [-0.15, -0.1) is 0 Å². The maximum Gasteiger partial charge on any atom is 0.293 e. The number of sulfonamides is 1. The largest absolute Gasteiger partial charge is 0.366 e. The predicted molar refractivity (Wildman–Crippen MR) is 114 cm³/mol. The Morgan fingerprint density at radius 2 is 1.90 bits per heavy atom. The average Bonchev–Trinajstić information content (AvgIpc) is 3.11. The molecule has 30 heavy (non-hydrogen) atoms. The van der Waals surface area contributed by atoms with Crippen LogP contribution in [-0.2, 0) is 16.4 Å². The van der Waals surface area contributed by atoms with E-state index in [4.69, 9.17) is 10.1 Å². The number of hydrogen-bond donors (Lipinski definition) is 1.